The molecule has 1 aliphatic rings. The lowest BCUT2D eigenvalue weighted by Crippen LogP contribution is -2.41. The van der Waals surface area contributed by atoms with Crippen LogP contribution < -0.4 is 0 Å². The number of carbonyl (C=O) groups excluding carboxylic acids is 1. The van der Waals surface area contributed by atoms with Crippen LogP contribution in [0.3, 0.4) is 0 Å². The lowest BCUT2D eigenvalue weighted by atomic mass is 9.98. The van der Waals surface area contributed by atoms with E-state index in [-0.39, 0.29) is 5.91 Å². The van der Waals surface area contributed by atoms with Crippen molar-refractivity contribution < 1.29 is 4.79 Å². The average Bonchev–Trinajstić information content (AvgIpc) is 3.20. The summed E-state index contributed by atoms with van der Waals surface area (Å²) >= 11 is 0. The van der Waals surface area contributed by atoms with Crippen LogP contribution in [0.4, 0.5) is 0 Å². The molecule has 0 N–H and O–H groups in total. The first-order chi connectivity index (χ1) is 12.3. The molecular formula is C19H19N5O. The summed E-state index contributed by atoms with van der Waals surface area (Å²) < 4.78 is 1.57. The summed E-state index contributed by atoms with van der Waals surface area (Å²) in [5, 5.41) is 11.4. The van der Waals surface area contributed by atoms with E-state index >= 15 is 0 Å². The maximum atomic E-state index is 13.2. The molecule has 1 amide bonds. The van der Waals surface area contributed by atoms with Crippen LogP contribution in [0.25, 0.3) is 0 Å². The van der Waals surface area contributed by atoms with Crippen molar-refractivity contribution in [3.63, 3.8) is 0 Å². The van der Waals surface area contributed by atoms with Crippen molar-refractivity contribution in [3.05, 3.63) is 77.6 Å². The minimum Gasteiger partial charge on any atom is -0.336 e. The van der Waals surface area contributed by atoms with Gasteiger partial charge in [0.1, 0.15) is 12.4 Å². The summed E-state index contributed by atoms with van der Waals surface area (Å²) in [6.45, 7) is 1.37. The van der Waals surface area contributed by atoms with Crippen LogP contribution in [0.1, 0.15) is 22.7 Å². The van der Waals surface area contributed by atoms with Gasteiger partial charge in [-0.25, -0.2) is 4.68 Å². The van der Waals surface area contributed by atoms with Crippen molar-refractivity contribution in [2.24, 2.45) is 0 Å². The maximum Gasteiger partial charge on any atom is 0.248 e. The molecule has 1 atom stereocenters. The normalized spacial score (nSPS) is 14.8. The Kier molecular flexibility index (Phi) is 4.24. The standard InChI is InChI=1S/C19H19N5O/c25-19(23-11-10-16-8-4-5-9-17(16)13-23)18(24-14-20-21-22-24)12-15-6-2-1-3-7-15/h1-9,14,18H,10-13H2. The molecule has 0 aliphatic carbocycles. The third-order valence-electron chi connectivity index (χ3n) is 4.68. The predicted molar refractivity (Wildman–Crippen MR) is 92.6 cm³/mol. The highest BCUT2D eigenvalue weighted by Gasteiger charge is 2.29. The lowest BCUT2D eigenvalue weighted by molar-refractivity contribution is -0.136. The van der Waals surface area contributed by atoms with Gasteiger partial charge in [-0.3, -0.25) is 4.79 Å². The maximum absolute atomic E-state index is 13.2. The third kappa shape index (κ3) is 3.28. The van der Waals surface area contributed by atoms with Gasteiger partial charge >= 0.3 is 0 Å². The van der Waals surface area contributed by atoms with Gasteiger partial charge in [0.15, 0.2) is 0 Å². The quantitative estimate of drug-likeness (QED) is 0.733. The van der Waals surface area contributed by atoms with Crippen molar-refractivity contribution in [2.45, 2.75) is 25.4 Å². The molecule has 126 valence electrons. The minimum absolute atomic E-state index is 0.0608. The third-order valence-corrected chi connectivity index (χ3v) is 4.68. The Hall–Kier alpha value is -3.02. The molecular weight excluding hydrogens is 314 g/mol. The highest BCUT2D eigenvalue weighted by Crippen LogP contribution is 2.23. The summed E-state index contributed by atoms with van der Waals surface area (Å²) in [5.74, 6) is 0.0608. The molecule has 0 saturated carbocycles. The van der Waals surface area contributed by atoms with Gasteiger partial charge < -0.3 is 4.90 Å². The zero-order valence-corrected chi connectivity index (χ0v) is 13.8. The fraction of sp³-hybridized carbons (Fsp3) is 0.263. The molecule has 4 rings (SSSR count). The number of benzene rings is 2. The number of amides is 1. The number of carbonyl (C=O) groups is 1. The molecule has 0 radical (unpaired) electrons. The molecule has 0 fully saturated rings. The molecule has 6 heteroatoms. The van der Waals surface area contributed by atoms with Crippen LogP contribution in [0.15, 0.2) is 60.9 Å². The van der Waals surface area contributed by atoms with E-state index in [1.807, 2.05) is 41.3 Å². The van der Waals surface area contributed by atoms with E-state index in [2.05, 4.69) is 33.7 Å². The monoisotopic (exact) mass is 333 g/mol. The topological polar surface area (TPSA) is 63.9 Å². The largest absolute Gasteiger partial charge is 0.336 e. The van der Waals surface area contributed by atoms with E-state index in [0.29, 0.717) is 13.0 Å². The molecule has 3 aromatic rings. The summed E-state index contributed by atoms with van der Waals surface area (Å²) in [6.07, 6.45) is 2.97. The van der Waals surface area contributed by atoms with E-state index in [0.717, 1.165) is 18.5 Å². The second kappa shape index (κ2) is 6.84. The van der Waals surface area contributed by atoms with Crippen LogP contribution in [0.2, 0.25) is 0 Å². The molecule has 6 nitrogen and oxygen atoms in total. The van der Waals surface area contributed by atoms with Crippen LogP contribution in [-0.4, -0.2) is 37.6 Å². The van der Waals surface area contributed by atoms with Gasteiger partial charge in [0.2, 0.25) is 5.91 Å². The van der Waals surface area contributed by atoms with Crippen LogP contribution in [0, 0.1) is 0 Å². The summed E-state index contributed by atoms with van der Waals surface area (Å²) in [4.78, 5) is 15.1. The van der Waals surface area contributed by atoms with E-state index in [9.17, 15) is 4.79 Å². The van der Waals surface area contributed by atoms with Crippen molar-refractivity contribution in [1.29, 1.82) is 0 Å². The first-order valence-corrected chi connectivity index (χ1v) is 8.43. The second-order valence-corrected chi connectivity index (χ2v) is 6.27. The Balaban J connectivity index is 1.58. The van der Waals surface area contributed by atoms with Gasteiger partial charge in [-0.05, 0) is 33.5 Å². The van der Waals surface area contributed by atoms with E-state index in [1.54, 1.807) is 4.68 Å². The molecule has 2 aromatic carbocycles. The molecule has 0 spiro atoms. The fourth-order valence-corrected chi connectivity index (χ4v) is 3.34. The minimum atomic E-state index is -0.428. The van der Waals surface area contributed by atoms with Gasteiger partial charge in [-0.15, -0.1) is 5.10 Å². The Bertz CT molecular complexity index is 847. The van der Waals surface area contributed by atoms with Crippen molar-refractivity contribution in [1.82, 2.24) is 25.1 Å². The molecule has 0 saturated heterocycles. The van der Waals surface area contributed by atoms with E-state index < -0.39 is 6.04 Å². The van der Waals surface area contributed by atoms with Gasteiger partial charge in [-0.2, -0.15) is 0 Å². The van der Waals surface area contributed by atoms with Gasteiger partial charge in [-0.1, -0.05) is 54.6 Å². The SMILES string of the molecule is O=C(C(Cc1ccccc1)n1cnnn1)N1CCc2ccccc2C1. The van der Waals surface area contributed by atoms with Gasteiger partial charge in [0.25, 0.3) is 0 Å². The number of aromatic nitrogens is 4. The first-order valence-electron chi connectivity index (χ1n) is 8.43. The summed E-state index contributed by atoms with van der Waals surface area (Å²) in [5.41, 5.74) is 3.64. The summed E-state index contributed by atoms with van der Waals surface area (Å²) in [7, 11) is 0. The molecule has 2 heterocycles. The first kappa shape index (κ1) is 15.5. The summed E-state index contributed by atoms with van der Waals surface area (Å²) in [6, 6.07) is 17.9. The van der Waals surface area contributed by atoms with Gasteiger partial charge in [0, 0.05) is 19.5 Å². The molecule has 1 aromatic heterocycles. The average molecular weight is 333 g/mol. The highest BCUT2D eigenvalue weighted by atomic mass is 16.2. The molecule has 1 aliphatic heterocycles. The number of rotatable bonds is 4. The zero-order valence-electron chi connectivity index (χ0n) is 13.8. The highest BCUT2D eigenvalue weighted by molar-refractivity contribution is 5.81. The van der Waals surface area contributed by atoms with Gasteiger partial charge in [0.05, 0.1) is 0 Å². The number of nitrogens with zero attached hydrogens (tertiary/aromatic N) is 5. The van der Waals surface area contributed by atoms with Crippen LogP contribution in [0.5, 0.6) is 0 Å². The molecule has 25 heavy (non-hydrogen) atoms. The Morgan fingerprint density at radius 1 is 1.04 bits per heavy atom. The second-order valence-electron chi connectivity index (χ2n) is 6.27. The van der Waals surface area contributed by atoms with Crippen LogP contribution in [-0.2, 0) is 24.2 Å². The lowest BCUT2D eigenvalue weighted by Gasteiger charge is -2.31. The number of fused-ring (bicyclic) bond motifs is 1. The molecule has 1 unspecified atom stereocenters. The fourth-order valence-electron chi connectivity index (χ4n) is 3.34. The van der Waals surface area contributed by atoms with Crippen molar-refractivity contribution in [2.75, 3.05) is 6.54 Å². The zero-order chi connectivity index (χ0) is 17.1. The Labute approximate surface area is 146 Å². The smallest absolute Gasteiger partial charge is 0.248 e. The number of hydrogen-bond acceptors (Lipinski definition) is 4. The van der Waals surface area contributed by atoms with Crippen LogP contribution >= 0.6 is 0 Å². The number of tetrazole rings is 1. The molecule has 0 bridgehead atoms. The van der Waals surface area contributed by atoms with E-state index in [4.69, 9.17) is 0 Å². The van der Waals surface area contributed by atoms with Crippen molar-refractivity contribution in [3.8, 4) is 0 Å². The number of hydrogen-bond donors (Lipinski definition) is 0. The Morgan fingerprint density at radius 2 is 1.80 bits per heavy atom. The Morgan fingerprint density at radius 3 is 2.56 bits per heavy atom. The van der Waals surface area contributed by atoms with Crippen molar-refractivity contribution >= 4 is 5.91 Å². The predicted octanol–water partition coefficient (Wildman–Crippen LogP) is 2.04. The van der Waals surface area contributed by atoms with E-state index in [1.165, 1.54) is 17.5 Å².